The first-order valence-corrected chi connectivity index (χ1v) is 25.5. The van der Waals surface area contributed by atoms with Crippen molar-refractivity contribution in [1.29, 1.82) is 0 Å². The number of phosphoric ester groups is 1. The summed E-state index contributed by atoms with van der Waals surface area (Å²) in [6, 6.07) is 0. The zero-order chi connectivity index (χ0) is 44.3. The van der Waals surface area contributed by atoms with Gasteiger partial charge < -0.3 is 27.9 Å². The summed E-state index contributed by atoms with van der Waals surface area (Å²) in [6.45, 7) is 4.08. The van der Waals surface area contributed by atoms with E-state index in [-0.39, 0.29) is 26.1 Å². The predicted molar refractivity (Wildman–Crippen MR) is 250 cm³/mol. The molecule has 9 nitrogen and oxygen atoms in total. The van der Waals surface area contributed by atoms with Crippen molar-refractivity contribution in [3.63, 3.8) is 0 Å². The van der Waals surface area contributed by atoms with Crippen molar-refractivity contribution in [1.82, 2.24) is 0 Å². The molecule has 0 radical (unpaired) electrons. The number of phosphoric acid groups is 1. The number of carbonyl (C=O) groups excluding carboxylic acids is 2. The SMILES string of the molecule is CC/C=C\C/C=C\C/C=C\CCCCCCCCCC(=O)OC(COC(=O)CCCCCCCCCCC/C=C\C/C=C\CCCCC)COP(=O)([O-])OCC[N+](C)(C)C. The lowest BCUT2D eigenvalue weighted by Crippen LogP contribution is -2.37. The second-order valence-electron chi connectivity index (χ2n) is 17.1. The Balaban J connectivity index is 4.32. The van der Waals surface area contributed by atoms with Crippen molar-refractivity contribution in [2.75, 3.05) is 47.5 Å². The number of hydrogen-bond donors (Lipinski definition) is 0. The van der Waals surface area contributed by atoms with Gasteiger partial charge in [-0.05, 0) is 77.0 Å². The van der Waals surface area contributed by atoms with E-state index in [1.807, 2.05) is 21.1 Å². The number of nitrogens with zero attached hydrogens (tertiary/aromatic N) is 1. The summed E-state index contributed by atoms with van der Waals surface area (Å²) in [5.74, 6) is -0.851. The van der Waals surface area contributed by atoms with E-state index in [1.54, 1.807) is 0 Å². The van der Waals surface area contributed by atoms with Crippen molar-refractivity contribution < 1.29 is 42.1 Å². The number of allylic oxidation sites excluding steroid dienone is 10. The Morgan fingerprint density at radius 1 is 0.533 bits per heavy atom. The second-order valence-corrected chi connectivity index (χ2v) is 18.5. The summed E-state index contributed by atoms with van der Waals surface area (Å²) in [5, 5.41) is 0. The molecule has 0 spiro atoms. The van der Waals surface area contributed by atoms with Crippen LogP contribution in [0.25, 0.3) is 0 Å². The quantitative estimate of drug-likeness (QED) is 0.0196. The van der Waals surface area contributed by atoms with Gasteiger partial charge in [-0.25, -0.2) is 0 Å². The fourth-order valence-corrected chi connectivity index (χ4v) is 7.02. The minimum Gasteiger partial charge on any atom is -0.756 e. The Hall–Kier alpha value is -2.29. The Morgan fingerprint density at radius 3 is 1.42 bits per heavy atom. The van der Waals surface area contributed by atoms with Gasteiger partial charge in [0.2, 0.25) is 0 Å². The second kappa shape index (κ2) is 42.0. The lowest BCUT2D eigenvalue weighted by molar-refractivity contribution is -0.870. The van der Waals surface area contributed by atoms with Crippen LogP contribution >= 0.6 is 7.82 Å². The molecule has 0 aliphatic rings. The molecule has 0 N–H and O–H groups in total. The van der Waals surface area contributed by atoms with Gasteiger partial charge in [0, 0.05) is 12.8 Å². The molecule has 0 amide bonds. The summed E-state index contributed by atoms with van der Waals surface area (Å²) in [5.41, 5.74) is 0. The molecule has 10 heteroatoms. The number of ether oxygens (including phenoxy) is 2. The highest BCUT2D eigenvalue weighted by molar-refractivity contribution is 7.45. The first-order valence-electron chi connectivity index (χ1n) is 24.0. The lowest BCUT2D eigenvalue weighted by Gasteiger charge is -2.28. The number of likely N-dealkylation sites (N-methyl/N-ethyl adjacent to an activating group) is 1. The van der Waals surface area contributed by atoms with Gasteiger partial charge in [0.25, 0.3) is 7.82 Å². The summed E-state index contributed by atoms with van der Waals surface area (Å²) >= 11 is 0. The minimum absolute atomic E-state index is 0.0359. The molecular weight excluding hydrogens is 774 g/mol. The standard InChI is InChI=1S/C50H90NO8P/c1-6-8-10-12-14-16-18-20-22-24-25-27-28-30-32-34-36-38-40-42-49(52)56-46-48(47-58-60(54,55)57-45-44-51(3,4)5)59-50(53)43-41-39-37-35-33-31-29-26-23-21-19-17-15-13-11-9-7-2/h9,11,14-17,20-23,48H,6-8,10,12-13,18-19,24-47H2,1-5H3/b11-9-,16-14-,17-15-,22-20-,23-21-. The van der Waals surface area contributed by atoms with E-state index in [2.05, 4.69) is 74.6 Å². The van der Waals surface area contributed by atoms with Crippen molar-refractivity contribution in [3.05, 3.63) is 60.8 Å². The molecule has 0 aliphatic heterocycles. The van der Waals surface area contributed by atoms with E-state index < -0.39 is 32.5 Å². The lowest BCUT2D eigenvalue weighted by atomic mass is 10.1. The Bertz CT molecular complexity index is 1210. The van der Waals surface area contributed by atoms with Gasteiger partial charge in [-0.3, -0.25) is 14.2 Å². The smallest absolute Gasteiger partial charge is 0.306 e. The average Bonchev–Trinajstić information content (AvgIpc) is 3.20. The monoisotopic (exact) mass is 864 g/mol. The topological polar surface area (TPSA) is 111 Å². The third kappa shape index (κ3) is 45.2. The first kappa shape index (κ1) is 57.7. The number of esters is 2. The van der Waals surface area contributed by atoms with Crippen LogP contribution in [0, 0.1) is 0 Å². The van der Waals surface area contributed by atoms with Crippen LogP contribution in [0.2, 0.25) is 0 Å². The van der Waals surface area contributed by atoms with Gasteiger partial charge in [-0.1, -0.05) is 164 Å². The molecule has 2 atom stereocenters. The van der Waals surface area contributed by atoms with Crippen LogP contribution < -0.4 is 4.89 Å². The molecule has 0 rings (SSSR count). The third-order valence-electron chi connectivity index (χ3n) is 10.0. The van der Waals surface area contributed by atoms with Gasteiger partial charge in [0.1, 0.15) is 19.8 Å². The summed E-state index contributed by atoms with van der Waals surface area (Å²) in [4.78, 5) is 37.6. The highest BCUT2D eigenvalue weighted by Gasteiger charge is 2.21. The maximum absolute atomic E-state index is 12.7. The zero-order valence-corrected chi connectivity index (χ0v) is 40.0. The van der Waals surface area contributed by atoms with Gasteiger partial charge in [0.05, 0.1) is 27.7 Å². The third-order valence-corrected chi connectivity index (χ3v) is 11.0. The summed E-state index contributed by atoms with van der Waals surface area (Å²) < 4.78 is 34.0. The first-order chi connectivity index (χ1) is 29.0. The Labute approximate surface area is 368 Å². The van der Waals surface area contributed by atoms with Crippen LogP contribution in [-0.2, 0) is 32.7 Å². The maximum atomic E-state index is 12.7. The van der Waals surface area contributed by atoms with E-state index in [4.69, 9.17) is 18.5 Å². The number of quaternary nitrogens is 1. The van der Waals surface area contributed by atoms with E-state index in [0.717, 1.165) is 83.5 Å². The largest absolute Gasteiger partial charge is 0.756 e. The molecular formula is C50H90NO8P. The van der Waals surface area contributed by atoms with E-state index >= 15 is 0 Å². The summed E-state index contributed by atoms with van der Waals surface area (Å²) in [7, 11) is 1.15. The van der Waals surface area contributed by atoms with Crippen molar-refractivity contribution in [2.24, 2.45) is 0 Å². The van der Waals surface area contributed by atoms with E-state index in [0.29, 0.717) is 17.4 Å². The van der Waals surface area contributed by atoms with Crippen molar-refractivity contribution in [3.8, 4) is 0 Å². The van der Waals surface area contributed by atoms with Crippen LogP contribution in [0.1, 0.15) is 194 Å². The molecule has 0 aromatic heterocycles. The fraction of sp³-hybridized carbons (Fsp3) is 0.760. The molecule has 60 heavy (non-hydrogen) atoms. The van der Waals surface area contributed by atoms with E-state index in [9.17, 15) is 19.0 Å². The minimum atomic E-state index is -4.63. The molecule has 0 aromatic carbocycles. The highest BCUT2D eigenvalue weighted by Crippen LogP contribution is 2.38. The zero-order valence-electron chi connectivity index (χ0n) is 39.1. The molecule has 2 unspecified atom stereocenters. The molecule has 0 heterocycles. The van der Waals surface area contributed by atoms with Crippen LogP contribution in [0.3, 0.4) is 0 Å². The normalized spacial score (nSPS) is 14.0. The van der Waals surface area contributed by atoms with Gasteiger partial charge in [0.15, 0.2) is 6.10 Å². The average molecular weight is 864 g/mol. The molecule has 348 valence electrons. The van der Waals surface area contributed by atoms with Crippen LogP contribution in [-0.4, -0.2) is 70.0 Å². The molecule has 0 saturated heterocycles. The molecule has 0 fully saturated rings. The van der Waals surface area contributed by atoms with Crippen LogP contribution in [0.15, 0.2) is 60.8 Å². The molecule has 0 bridgehead atoms. The molecule has 0 aliphatic carbocycles. The Morgan fingerprint density at radius 2 is 0.950 bits per heavy atom. The number of unbranched alkanes of at least 4 members (excludes halogenated alkanes) is 19. The van der Waals surface area contributed by atoms with Gasteiger partial charge in [-0.2, -0.15) is 0 Å². The van der Waals surface area contributed by atoms with Crippen LogP contribution in [0.5, 0.6) is 0 Å². The number of carbonyl (C=O) groups is 2. The molecule has 0 aromatic rings. The predicted octanol–water partition coefficient (Wildman–Crippen LogP) is 13.4. The van der Waals surface area contributed by atoms with Gasteiger partial charge >= 0.3 is 11.9 Å². The maximum Gasteiger partial charge on any atom is 0.306 e. The Kier molecular flexibility index (Phi) is 40.4. The summed E-state index contributed by atoms with van der Waals surface area (Å²) in [6.07, 6.45) is 51.0. The number of rotatable bonds is 43. The van der Waals surface area contributed by atoms with E-state index in [1.165, 1.54) is 77.0 Å². The highest BCUT2D eigenvalue weighted by atomic mass is 31.2. The van der Waals surface area contributed by atoms with Crippen LogP contribution in [0.4, 0.5) is 0 Å². The molecule has 0 saturated carbocycles. The number of hydrogen-bond acceptors (Lipinski definition) is 8. The fourth-order valence-electron chi connectivity index (χ4n) is 6.29. The van der Waals surface area contributed by atoms with Crippen molar-refractivity contribution >= 4 is 19.8 Å². The van der Waals surface area contributed by atoms with Gasteiger partial charge in [-0.15, -0.1) is 0 Å². The van der Waals surface area contributed by atoms with Crippen molar-refractivity contribution in [2.45, 2.75) is 200 Å².